The highest BCUT2D eigenvalue weighted by molar-refractivity contribution is 5.96. The van der Waals surface area contributed by atoms with Crippen molar-refractivity contribution in [2.24, 2.45) is 0 Å². The number of aromatic nitrogens is 2. The lowest BCUT2D eigenvalue weighted by molar-refractivity contribution is 0.0652. The number of hydrogen-bond acceptors (Lipinski definition) is 4. The topological polar surface area (TPSA) is 88.3 Å². The lowest BCUT2D eigenvalue weighted by atomic mass is 10.1. The molecule has 1 aromatic carbocycles. The number of nitrogens with one attached hydrogen (secondary N) is 1. The van der Waals surface area contributed by atoms with E-state index in [9.17, 15) is 4.79 Å². The first-order valence-electron chi connectivity index (χ1n) is 5.97. The Bertz CT molecular complexity index is 801. The van der Waals surface area contributed by atoms with Crippen molar-refractivity contribution in [3.63, 3.8) is 0 Å². The number of aromatic amines is 1. The van der Waals surface area contributed by atoms with E-state index < -0.39 is 5.97 Å². The van der Waals surface area contributed by atoms with Crippen LogP contribution in [-0.2, 0) is 0 Å². The van der Waals surface area contributed by atoms with Gasteiger partial charge < -0.3 is 19.4 Å². The summed E-state index contributed by atoms with van der Waals surface area (Å²) in [5.41, 5.74) is 3.12. The second-order valence-electron chi connectivity index (χ2n) is 4.42. The van der Waals surface area contributed by atoms with E-state index in [1.54, 1.807) is 7.11 Å². The van der Waals surface area contributed by atoms with E-state index in [0.717, 1.165) is 16.5 Å². The molecule has 0 unspecified atom stereocenters. The molecule has 0 radical (unpaired) electrons. The van der Waals surface area contributed by atoms with Gasteiger partial charge in [0.25, 0.3) is 0 Å². The van der Waals surface area contributed by atoms with Gasteiger partial charge in [-0.1, -0.05) is 5.16 Å². The van der Waals surface area contributed by atoms with Crippen LogP contribution in [0.2, 0.25) is 0 Å². The smallest absolute Gasteiger partial charge is 0.374 e. The zero-order valence-electron chi connectivity index (χ0n) is 10.9. The van der Waals surface area contributed by atoms with Crippen LogP contribution in [0.1, 0.15) is 16.1 Å². The van der Waals surface area contributed by atoms with Crippen LogP contribution in [0.15, 0.2) is 28.9 Å². The molecule has 2 aromatic heterocycles. The molecule has 20 heavy (non-hydrogen) atoms. The van der Waals surface area contributed by atoms with Crippen molar-refractivity contribution in [2.45, 2.75) is 6.92 Å². The Morgan fingerprint density at radius 2 is 2.25 bits per heavy atom. The van der Waals surface area contributed by atoms with Crippen LogP contribution in [-0.4, -0.2) is 28.3 Å². The normalized spacial score (nSPS) is 10.9. The molecule has 6 nitrogen and oxygen atoms in total. The molecule has 0 atom stereocenters. The summed E-state index contributed by atoms with van der Waals surface area (Å²) in [5, 5.41) is 13.6. The van der Waals surface area contributed by atoms with Gasteiger partial charge in [0.1, 0.15) is 11.4 Å². The van der Waals surface area contributed by atoms with Crippen LogP contribution in [0.5, 0.6) is 5.75 Å². The van der Waals surface area contributed by atoms with Gasteiger partial charge >= 0.3 is 5.97 Å². The maximum atomic E-state index is 10.9. The Morgan fingerprint density at radius 3 is 2.90 bits per heavy atom. The fraction of sp³-hybridized carbons (Fsp3) is 0.143. The number of aromatic carboxylic acids is 1. The number of hydrogen-bond donors (Lipinski definition) is 2. The number of carboxylic acids is 1. The number of methoxy groups -OCH3 is 1. The van der Waals surface area contributed by atoms with Crippen LogP contribution < -0.4 is 4.74 Å². The predicted octanol–water partition coefficient (Wildman–Crippen LogP) is 2.84. The Morgan fingerprint density at radius 1 is 1.45 bits per heavy atom. The van der Waals surface area contributed by atoms with Crippen LogP contribution >= 0.6 is 0 Å². The number of H-pyrrole nitrogens is 1. The first-order valence-corrected chi connectivity index (χ1v) is 5.97. The van der Waals surface area contributed by atoms with E-state index in [0.29, 0.717) is 17.0 Å². The number of benzene rings is 1. The number of rotatable bonds is 3. The van der Waals surface area contributed by atoms with Gasteiger partial charge in [-0.05, 0) is 24.6 Å². The molecule has 0 fully saturated rings. The third-order valence-corrected chi connectivity index (χ3v) is 3.20. The van der Waals surface area contributed by atoms with Gasteiger partial charge in [-0.2, -0.15) is 0 Å². The maximum absolute atomic E-state index is 10.9. The number of carbonyl (C=O) groups is 1. The number of aryl methyl sites for hydroxylation is 1. The minimum Gasteiger partial charge on any atom is -0.495 e. The maximum Gasteiger partial charge on any atom is 0.374 e. The molecule has 2 N–H and O–H groups in total. The highest BCUT2D eigenvalue weighted by Gasteiger charge is 2.18. The summed E-state index contributed by atoms with van der Waals surface area (Å²) in [6, 6.07) is 5.10. The van der Waals surface area contributed by atoms with Gasteiger partial charge in [-0.15, -0.1) is 0 Å². The van der Waals surface area contributed by atoms with Crippen LogP contribution in [0.4, 0.5) is 0 Å². The second-order valence-corrected chi connectivity index (χ2v) is 4.42. The lowest BCUT2D eigenvalue weighted by Gasteiger charge is -2.08. The molecule has 3 aromatic rings. The first kappa shape index (κ1) is 12.3. The molecule has 0 amide bonds. The van der Waals surface area contributed by atoms with Gasteiger partial charge in [0, 0.05) is 28.7 Å². The number of nitrogens with zero attached hydrogens (tertiary/aromatic N) is 1. The molecule has 0 bridgehead atoms. The largest absolute Gasteiger partial charge is 0.495 e. The van der Waals surface area contributed by atoms with Crippen LogP contribution in [0.25, 0.3) is 22.2 Å². The molecule has 0 aliphatic heterocycles. The van der Waals surface area contributed by atoms with Crippen molar-refractivity contribution in [1.82, 2.24) is 10.1 Å². The first-order chi connectivity index (χ1) is 9.61. The highest BCUT2D eigenvalue weighted by Crippen LogP contribution is 2.37. The summed E-state index contributed by atoms with van der Waals surface area (Å²) in [6.45, 7) is 1.97. The van der Waals surface area contributed by atoms with Crippen molar-refractivity contribution in [3.8, 4) is 17.0 Å². The number of ether oxygens (including phenoxy) is 1. The van der Waals surface area contributed by atoms with Gasteiger partial charge in [0.2, 0.25) is 5.76 Å². The van der Waals surface area contributed by atoms with Crippen LogP contribution in [0, 0.1) is 6.92 Å². The minimum absolute atomic E-state index is 0.201. The fourth-order valence-corrected chi connectivity index (χ4v) is 2.27. The lowest BCUT2D eigenvalue weighted by Crippen LogP contribution is -1.92. The van der Waals surface area contributed by atoms with Gasteiger partial charge in [0.05, 0.1) is 7.11 Å². The van der Waals surface area contributed by atoms with Crippen molar-refractivity contribution >= 4 is 16.9 Å². The average molecular weight is 272 g/mol. The summed E-state index contributed by atoms with van der Waals surface area (Å²) in [5.74, 6) is -0.707. The fourth-order valence-electron chi connectivity index (χ4n) is 2.27. The molecule has 0 saturated heterocycles. The third kappa shape index (κ3) is 1.73. The standard InChI is InChI=1S/C14H12N2O4/c1-7-6-15-9-4-3-8(13(19-2)12(7)9)10-5-11(14(17)18)20-16-10/h3-6,15H,1-2H3,(H,17,18). The van der Waals surface area contributed by atoms with E-state index in [4.69, 9.17) is 14.4 Å². The summed E-state index contributed by atoms with van der Waals surface area (Å²) < 4.78 is 10.3. The molecule has 102 valence electrons. The summed E-state index contributed by atoms with van der Waals surface area (Å²) in [6.07, 6.45) is 1.89. The molecule has 6 heteroatoms. The number of carboxylic acid groups (broad SMARTS) is 1. The SMILES string of the molecule is COc1c(-c2cc(C(=O)O)on2)ccc2[nH]cc(C)c12. The van der Waals surface area contributed by atoms with E-state index in [1.807, 2.05) is 25.3 Å². The van der Waals surface area contributed by atoms with Crippen LogP contribution in [0.3, 0.4) is 0 Å². The third-order valence-electron chi connectivity index (χ3n) is 3.20. The molecule has 0 spiro atoms. The Kier molecular flexibility index (Phi) is 2.71. The summed E-state index contributed by atoms with van der Waals surface area (Å²) in [4.78, 5) is 14.0. The molecule has 0 aliphatic carbocycles. The van der Waals surface area contributed by atoms with E-state index >= 15 is 0 Å². The zero-order chi connectivity index (χ0) is 14.3. The highest BCUT2D eigenvalue weighted by atomic mass is 16.5. The predicted molar refractivity (Wildman–Crippen MR) is 72.0 cm³/mol. The number of fused-ring (bicyclic) bond motifs is 1. The van der Waals surface area contributed by atoms with Crippen molar-refractivity contribution < 1.29 is 19.2 Å². The Labute approximate surface area is 114 Å². The molecule has 2 heterocycles. The van der Waals surface area contributed by atoms with Crippen molar-refractivity contribution in [3.05, 3.63) is 35.7 Å². The van der Waals surface area contributed by atoms with Crippen molar-refractivity contribution in [2.75, 3.05) is 7.11 Å². The summed E-state index contributed by atoms with van der Waals surface area (Å²) in [7, 11) is 1.57. The minimum atomic E-state index is -1.15. The van der Waals surface area contributed by atoms with Gasteiger partial charge in [0.15, 0.2) is 0 Å². The average Bonchev–Trinajstić information content (AvgIpc) is 3.05. The van der Waals surface area contributed by atoms with E-state index in [2.05, 4.69) is 10.1 Å². The second kappa shape index (κ2) is 4.41. The van der Waals surface area contributed by atoms with Crippen molar-refractivity contribution in [1.29, 1.82) is 0 Å². The molecule has 0 aliphatic rings. The zero-order valence-corrected chi connectivity index (χ0v) is 10.9. The quantitative estimate of drug-likeness (QED) is 0.765. The Balaban J connectivity index is 2.24. The van der Waals surface area contributed by atoms with Gasteiger partial charge in [-0.25, -0.2) is 4.79 Å². The molecule has 3 rings (SSSR count). The molecular weight excluding hydrogens is 260 g/mol. The monoisotopic (exact) mass is 272 g/mol. The summed E-state index contributed by atoms with van der Waals surface area (Å²) >= 11 is 0. The molecule has 0 saturated carbocycles. The Hall–Kier alpha value is -2.76. The van der Waals surface area contributed by atoms with Gasteiger partial charge in [-0.3, -0.25) is 0 Å². The van der Waals surface area contributed by atoms with E-state index in [1.165, 1.54) is 6.07 Å². The van der Waals surface area contributed by atoms with E-state index in [-0.39, 0.29) is 5.76 Å². The molecular formula is C14H12N2O4.